The number of carbonyl (C=O) groups excluding carboxylic acids is 1. The van der Waals surface area contributed by atoms with Crippen molar-refractivity contribution in [2.75, 3.05) is 23.3 Å². The molecule has 3 aromatic heterocycles. The highest BCUT2D eigenvalue weighted by Gasteiger charge is 2.43. The van der Waals surface area contributed by atoms with Gasteiger partial charge < -0.3 is 19.9 Å². The summed E-state index contributed by atoms with van der Waals surface area (Å²) in [4.78, 5) is 42.1. The first-order valence-electron chi connectivity index (χ1n) is 11.1. The van der Waals surface area contributed by atoms with Crippen molar-refractivity contribution < 1.29 is 9.53 Å². The largest absolute Gasteiger partial charge is 0.439 e. The van der Waals surface area contributed by atoms with Crippen LogP contribution in [-0.2, 0) is 10.2 Å². The summed E-state index contributed by atoms with van der Waals surface area (Å²) in [5.41, 5.74) is 2.70. The molecule has 1 amide bonds. The van der Waals surface area contributed by atoms with Crippen molar-refractivity contribution in [3.8, 4) is 11.6 Å². The van der Waals surface area contributed by atoms with E-state index in [1.165, 1.54) is 6.33 Å². The summed E-state index contributed by atoms with van der Waals surface area (Å²) >= 11 is 1.16. The summed E-state index contributed by atoms with van der Waals surface area (Å²) in [5, 5.41) is 2.90. The van der Waals surface area contributed by atoms with E-state index in [1.807, 2.05) is 31.2 Å². The first kappa shape index (κ1) is 20.8. The molecule has 34 heavy (non-hydrogen) atoms. The van der Waals surface area contributed by atoms with Crippen LogP contribution < -0.4 is 19.8 Å². The van der Waals surface area contributed by atoms with Crippen molar-refractivity contribution in [1.82, 2.24) is 19.9 Å². The van der Waals surface area contributed by atoms with Crippen molar-refractivity contribution in [3.05, 3.63) is 63.7 Å². The second-order valence-electron chi connectivity index (χ2n) is 8.84. The number of aromatic nitrogens is 4. The molecule has 6 rings (SSSR count). The first-order chi connectivity index (χ1) is 16.5. The van der Waals surface area contributed by atoms with Gasteiger partial charge in [-0.15, -0.1) is 0 Å². The maximum Gasteiger partial charge on any atom is 0.305 e. The fourth-order valence-corrected chi connectivity index (χ4v) is 5.89. The molecule has 1 spiro atoms. The first-order valence-corrected chi connectivity index (χ1v) is 11.9. The Hall–Kier alpha value is -3.79. The van der Waals surface area contributed by atoms with Crippen molar-refractivity contribution in [3.63, 3.8) is 0 Å². The number of nitrogens with one attached hydrogen (secondary N) is 2. The lowest BCUT2D eigenvalue weighted by atomic mass is 9.69. The van der Waals surface area contributed by atoms with Gasteiger partial charge in [0, 0.05) is 48.8 Å². The maximum absolute atomic E-state index is 12.4. The third-order valence-corrected chi connectivity index (χ3v) is 7.56. The number of benzene rings is 1. The Labute approximate surface area is 198 Å². The molecular weight excluding hydrogens is 452 g/mol. The second kappa shape index (κ2) is 7.91. The van der Waals surface area contributed by atoms with Crippen molar-refractivity contribution in [1.29, 1.82) is 0 Å². The molecule has 0 atom stereocenters. The number of hydrogen-bond acceptors (Lipinski definition) is 8. The van der Waals surface area contributed by atoms with Crippen LogP contribution in [-0.4, -0.2) is 38.9 Å². The number of thiazole rings is 1. The summed E-state index contributed by atoms with van der Waals surface area (Å²) in [6.45, 7) is 3.47. The van der Waals surface area contributed by atoms with Crippen LogP contribution in [0.1, 0.15) is 30.4 Å². The lowest BCUT2D eigenvalue weighted by Crippen LogP contribution is -2.47. The average molecular weight is 475 g/mol. The smallest absolute Gasteiger partial charge is 0.305 e. The Balaban J connectivity index is 1.22. The lowest BCUT2D eigenvalue weighted by molar-refractivity contribution is -0.118. The van der Waals surface area contributed by atoms with E-state index in [4.69, 9.17) is 4.74 Å². The monoisotopic (exact) mass is 474 g/mol. The highest BCUT2D eigenvalue weighted by Crippen LogP contribution is 2.44. The molecule has 1 saturated heterocycles. The number of hydrogen-bond donors (Lipinski definition) is 2. The number of pyridine rings is 1. The van der Waals surface area contributed by atoms with Gasteiger partial charge in [-0.3, -0.25) is 9.59 Å². The molecule has 0 unspecified atom stereocenters. The number of aromatic amines is 1. The van der Waals surface area contributed by atoms with E-state index >= 15 is 0 Å². The summed E-state index contributed by atoms with van der Waals surface area (Å²) in [6, 6.07) is 9.58. The molecule has 4 aromatic rings. The molecule has 9 nitrogen and oxygen atoms in total. The zero-order valence-electron chi connectivity index (χ0n) is 18.5. The van der Waals surface area contributed by atoms with Gasteiger partial charge in [0.2, 0.25) is 11.8 Å². The molecule has 2 aliphatic rings. The van der Waals surface area contributed by atoms with Gasteiger partial charge in [-0.1, -0.05) is 17.4 Å². The molecular formula is C24H22N6O3S. The average Bonchev–Trinajstić information content (AvgIpc) is 3.20. The van der Waals surface area contributed by atoms with Gasteiger partial charge in [0.25, 0.3) is 0 Å². The van der Waals surface area contributed by atoms with Crippen LogP contribution in [0, 0.1) is 6.92 Å². The SMILES string of the molecule is Cc1cc(Oc2cc(N3CCC4(CC3)CC(=O)Nc3ncccc34)ncn2)cc2sc(=O)[nH]c12. The Morgan fingerprint density at radius 1 is 1.12 bits per heavy atom. The Morgan fingerprint density at radius 2 is 1.97 bits per heavy atom. The fraction of sp³-hybridized carbons (Fsp3) is 0.292. The zero-order chi connectivity index (χ0) is 23.3. The van der Waals surface area contributed by atoms with E-state index in [9.17, 15) is 9.59 Å². The summed E-state index contributed by atoms with van der Waals surface area (Å²) in [6.07, 6.45) is 5.36. The van der Waals surface area contributed by atoms with E-state index in [0.717, 1.165) is 64.4 Å². The molecule has 0 radical (unpaired) electrons. The highest BCUT2D eigenvalue weighted by atomic mass is 32.1. The predicted octanol–water partition coefficient (Wildman–Crippen LogP) is 3.76. The van der Waals surface area contributed by atoms with E-state index < -0.39 is 0 Å². The van der Waals surface area contributed by atoms with Gasteiger partial charge in [-0.2, -0.15) is 0 Å². The molecule has 0 saturated carbocycles. The summed E-state index contributed by atoms with van der Waals surface area (Å²) in [7, 11) is 0. The van der Waals surface area contributed by atoms with E-state index in [0.29, 0.717) is 23.9 Å². The number of H-pyrrole nitrogens is 1. The highest BCUT2D eigenvalue weighted by molar-refractivity contribution is 7.16. The maximum atomic E-state index is 12.4. The lowest BCUT2D eigenvalue weighted by Gasteiger charge is -2.44. The number of anilines is 2. The molecule has 2 N–H and O–H groups in total. The number of nitrogens with zero attached hydrogens (tertiary/aromatic N) is 4. The molecule has 1 fully saturated rings. The molecule has 10 heteroatoms. The van der Waals surface area contributed by atoms with E-state index in [-0.39, 0.29) is 16.2 Å². The third kappa shape index (κ3) is 3.60. The number of fused-ring (bicyclic) bond motifs is 3. The Kier molecular flexibility index (Phi) is 4.84. The Bertz CT molecular complexity index is 1470. The number of rotatable bonds is 3. The number of piperidine rings is 1. The van der Waals surface area contributed by atoms with Gasteiger partial charge in [-0.05, 0) is 37.5 Å². The van der Waals surface area contributed by atoms with Crippen LogP contribution in [0.3, 0.4) is 0 Å². The zero-order valence-corrected chi connectivity index (χ0v) is 19.3. The van der Waals surface area contributed by atoms with Gasteiger partial charge >= 0.3 is 4.87 Å². The summed E-state index contributed by atoms with van der Waals surface area (Å²) < 4.78 is 6.88. The normalized spacial score (nSPS) is 17.0. The Morgan fingerprint density at radius 3 is 2.82 bits per heavy atom. The molecule has 0 aliphatic carbocycles. The van der Waals surface area contributed by atoms with Crippen molar-refractivity contribution >= 4 is 39.1 Å². The van der Waals surface area contributed by atoms with E-state index in [2.05, 4.69) is 36.2 Å². The van der Waals surface area contributed by atoms with Crippen LogP contribution in [0.25, 0.3) is 10.2 Å². The quantitative estimate of drug-likeness (QED) is 0.465. The molecule has 5 heterocycles. The van der Waals surface area contributed by atoms with Crippen LogP contribution in [0.15, 0.2) is 47.7 Å². The minimum Gasteiger partial charge on any atom is -0.439 e. The molecule has 0 bridgehead atoms. The molecule has 172 valence electrons. The topological polar surface area (TPSA) is 113 Å². The third-order valence-electron chi connectivity index (χ3n) is 6.73. The predicted molar refractivity (Wildman–Crippen MR) is 130 cm³/mol. The van der Waals surface area contributed by atoms with Gasteiger partial charge in [-0.25, -0.2) is 15.0 Å². The van der Waals surface area contributed by atoms with Crippen LogP contribution >= 0.6 is 11.3 Å². The number of amides is 1. The molecule has 1 aromatic carbocycles. The van der Waals surface area contributed by atoms with Gasteiger partial charge in [0.1, 0.15) is 23.7 Å². The summed E-state index contributed by atoms with van der Waals surface area (Å²) in [5.74, 6) is 2.57. The van der Waals surface area contributed by atoms with Gasteiger partial charge in [0.05, 0.1) is 10.2 Å². The van der Waals surface area contributed by atoms with Gasteiger partial charge in [0.15, 0.2) is 0 Å². The number of ether oxygens (including phenoxy) is 1. The number of carbonyl (C=O) groups is 1. The second-order valence-corrected chi connectivity index (χ2v) is 9.85. The standard InChI is InChI=1S/C24H22N6O3S/c1-14-9-15(10-17-21(14)29-23(32)34-17)33-20-11-18(26-13-27-20)30-7-4-24(5-8-30)12-19(31)28-22-16(24)3-2-6-25-22/h2-3,6,9-11,13H,4-5,7-8,12H2,1H3,(H,29,32)(H,25,28,31). The van der Waals surface area contributed by atoms with Crippen LogP contribution in [0.5, 0.6) is 11.6 Å². The number of aryl methyl sites for hydroxylation is 1. The minimum atomic E-state index is -0.195. The van der Waals surface area contributed by atoms with Crippen LogP contribution in [0.2, 0.25) is 0 Å². The molecule has 2 aliphatic heterocycles. The minimum absolute atomic E-state index is 0.0251. The van der Waals surface area contributed by atoms with Crippen molar-refractivity contribution in [2.45, 2.75) is 31.6 Å². The van der Waals surface area contributed by atoms with E-state index in [1.54, 1.807) is 6.20 Å². The van der Waals surface area contributed by atoms with Crippen molar-refractivity contribution in [2.24, 2.45) is 0 Å². The fourth-order valence-electron chi connectivity index (χ4n) is 5.05. The van der Waals surface area contributed by atoms with Crippen LogP contribution in [0.4, 0.5) is 11.6 Å².